The van der Waals surface area contributed by atoms with Gasteiger partial charge in [-0.3, -0.25) is 4.79 Å². The molecule has 0 aliphatic carbocycles. The fourth-order valence-corrected chi connectivity index (χ4v) is 2.93. The SMILES string of the molecule is CC(=O)c1cccc(Nc2cnnc(Nc3c(C)cc(C)cc3Cl)n2)c1. The first-order valence-electron chi connectivity index (χ1n) is 8.04. The van der Waals surface area contributed by atoms with Crippen LogP contribution in [0.5, 0.6) is 0 Å². The number of benzene rings is 2. The molecular formula is C19H18ClN5O. The molecule has 132 valence electrons. The predicted octanol–water partition coefficient (Wildman–Crippen LogP) is 4.83. The standard InChI is InChI=1S/C19H18ClN5O/c1-11-7-12(2)18(16(20)8-11)24-19-23-17(10-21-25-19)22-15-6-4-5-14(9-15)13(3)26/h4-10H,1-3H3,(H2,22,23,24,25). The molecule has 0 aliphatic heterocycles. The number of rotatable bonds is 5. The van der Waals surface area contributed by atoms with Gasteiger partial charge in [0.1, 0.15) is 0 Å². The Morgan fingerprint density at radius 2 is 1.92 bits per heavy atom. The number of nitrogens with one attached hydrogen (secondary N) is 2. The fraction of sp³-hybridized carbons (Fsp3) is 0.158. The van der Waals surface area contributed by atoms with Gasteiger partial charge in [-0.25, -0.2) is 0 Å². The van der Waals surface area contributed by atoms with Crippen LogP contribution in [-0.2, 0) is 0 Å². The summed E-state index contributed by atoms with van der Waals surface area (Å²) in [5, 5.41) is 14.8. The molecule has 7 heteroatoms. The molecule has 3 rings (SSSR count). The van der Waals surface area contributed by atoms with E-state index in [1.54, 1.807) is 12.1 Å². The Kier molecular flexibility index (Phi) is 5.14. The van der Waals surface area contributed by atoms with Gasteiger partial charge in [0.15, 0.2) is 11.6 Å². The number of aryl methyl sites for hydroxylation is 2. The van der Waals surface area contributed by atoms with Crippen molar-refractivity contribution < 1.29 is 4.79 Å². The lowest BCUT2D eigenvalue weighted by Gasteiger charge is -2.12. The van der Waals surface area contributed by atoms with E-state index in [2.05, 4.69) is 25.8 Å². The Labute approximate surface area is 156 Å². The molecule has 0 spiro atoms. The van der Waals surface area contributed by atoms with Gasteiger partial charge < -0.3 is 10.6 Å². The molecule has 26 heavy (non-hydrogen) atoms. The van der Waals surface area contributed by atoms with Crippen LogP contribution in [0.3, 0.4) is 0 Å². The first kappa shape index (κ1) is 17.8. The minimum absolute atomic E-state index is 0.00121. The van der Waals surface area contributed by atoms with Crippen molar-refractivity contribution in [3.63, 3.8) is 0 Å². The largest absolute Gasteiger partial charge is 0.339 e. The Hall–Kier alpha value is -2.99. The first-order valence-corrected chi connectivity index (χ1v) is 8.41. The van der Waals surface area contributed by atoms with E-state index in [-0.39, 0.29) is 5.78 Å². The summed E-state index contributed by atoms with van der Waals surface area (Å²) in [6.45, 7) is 5.48. The number of carbonyl (C=O) groups is 1. The van der Waals surface area contributed by atoms with Crippen molar-refractivity contribution in [2.45, 2.75) is 20.8 Å². The number of carbonyl (C=O) groups excluding carboxylic acids is 1. The van der Waals surface area contributed by atoms with E-state index in [9.17, 15) is 4.79 Å². The van der Waals surface area contributed by atoms with Crippen molar-refractivity contribution in [1.29, 1.82) is 0 Å². The first-order chi connectivity index (χ1) is 12.4. The normalized spacial score (nSPS) is 10.5. The van der Waals surface area contributed by atoms with E-state index in [1.165, 1.54) is 13.1 Å². The Balaban J connectivity index is 1.83. The van der Waals surface area contributed by atoms with Gasteiger partial charge in [-0.1, -0.05) is 29.8 Å². The number of Topliss-reactive ketones (excluding diaryl/α,β-unsaturated/α-hetero) is 1. The lowest BCUT2D eigenvalue weighted by atomic mass is 10.1. The predicted molar refractivity (Wildman–Crippen MR) is 104 cm³/mol. The molecule has 0 radical (unpaired) electrons. The van der Waals surface area contributed by atoms with Gasteiger partial charge in [-0.2, -0.15) is 10.1 Å². The second-order valence-corrected chi connectivity index (χ2v) is 6.40. The quantitative estimate of drug-likeness (QED) is 0.628. The van der Waals surface area contributed by atoms with Gasteiger partial charge in [0.2, 0.25) is 5.95 Å². The van der Waals surface area contributed by atoms with Crippen LogP contribution < -0.4 is 10.6 Å². The van der Waals surface area contributed by atoms with Crippen LogP contribution in [0.4, 0.5) is 23.1 Å². The number of aromatic nitrogens is 3. The zero-order valence-corrected chi connectivity index (χ0v) is 15.4. The van der Waals surface area contributed by atoms with E-state index < -0.39 is 0 Å². The van der Waals surface area contributed by atoms with E-state index in [1.807, 2.05) is 38.1 Å². The lowest BCUT2D eigenvalue weighted by molar-refractivity contribution is 0.101. The fourth-order valence-electron chi connectivity index (χ4n) is 2.57. The van der Waals surface area contributed by atoms with Crippen molar-refractivity contribution in [2.24, 2.45) is 0 Å². The molecule has 0 saturated heterocycles. The van der Waals surface area contributed by atoms with Crippen molar-refractivity contribution >= 4 is 40.5 Å². The maximum atomic E-state index is 11.5. The van der Waals surface area contributed by atoms with Gasteiger partial charge in [-0.05, 0) is 50.1 Å². The van der Waals surface area contributed by atoms with E-state index in [0.29, 0.717) is 22.4 Å². The summed E-state index contributed by atoms with van der Waals surface area (Å²) in [7, 11) is 0. The number of hydrogen-bond donors (Lipinski definition) is 2. The van der Waals surface area contributed by atoms with Gasteiger partial charge >= 0.3 is 0 Å². The number of nitrogens with zero attached hydrogens (tertiary/aromatic N) is 3. The highest BCUT2D eigenvalue weighted by atomic mass is 35.5. The second kappa shape index (κ2) is 7.49. The summed E-state index contributed by atoms with van der Waals surface area (Å²) in [4.78, 5) is 15.9. The molecule has 0 bridgehead atoms. The van der Waals surface area contributed by atoms with Crippen LogP contribution in [0.1, 0.15) is 28.4 Å². The smallest absolute Gasteiger partial charge is 0.249 e. The zero-order chi connectivity index (χ0) is 18.7. The van der Waals surface area contributed by atoms with Crippen molar-refractivity contribution in [3.8, 4) is 0 Å². The van der Waals surface area contributed by atoms with Crippen LogP contribution in [-0.4, -0.2) is 21.0 Å². The van der Waals surface area contributed by atoms with Gasteiger partial charge in [0, 0.05) is 11.3 Å². The molecule has 0 saturated carbocycles. The lowest BCUT2D eigenvalue weighted by Crippen LogP contribution is -2.04. The summed E-state index contributed by atoms with van der Waals surface area (Å²) < 4.78 is 0. The molecule has 2 N–H and O–H groups in total. The van der Waals surface area contributed by atoms with Crippen LogP contribution in [0.15, 0.2) is 42.6 Å². The molecule has 3 aromatic rings. The topological polar surface area (TPSA) is 79.8 Å². The van der Waals surface area contributed by atoms with E-state index in [0.717, 1.165) is 22.5 Å². The summed E-state index contributed by atoms with van der Waals surface area (Å²) in [5.41, 5.74) is 4.19. The minimum atomic E-state index is 0.00121. The molecule has 2 aromatic carbocycles. The number of halogens is 1. The van der Waals surface area contributed by atoms with Gasteiger partial charge in [-0.15, -0.1) is 5.10 Å². The second-order valence-electron chi connectivity index (χ2n) is 5.99. The highest BCUT2D eigenvalue weighted by molar-refractivity contribution is 6.33. The maximum Gasteiger partial charge on any atom is 0.249 e. The van der Waals surface area contributed by atoms with Crippen LogP contribution in [0.2, 0.25) is 5.02 Å². The number of anilines is 4. The molecule has 0 unspecified atom stereocenters. The van der Waals surface area contributed by atoms with Crippen molar-refractivity contribution in [2.75, 3.05) is 10.6 Å². The van der Waals surface area contributed by atoms with Crippen molar-refractivity contribution in [1.82, 2.24) is 15.2 Å². The molecule has 0 fully saturated rings. The molecule has 1 aromatic heterocycles. The molecule has 6 nitrogen and oxygen atoms in total. The third-order valence-electron chi connectivity index (χ3n) is 3.77. The highest BCUT2D eigenvalue weighted by Crippen LogP contribution is 2.29. The maximum absolute atomic E-state index is 11.5. The average Bonchev–Trinajstić information content (AvgIpc) is 2.58. The third-order valence-corrected chi connectivity index (χ3v) is 4.07. The average molecular weight is 368 g/mol. The van der Waals surface area contributed by atoms with Crippen LogP contribution in [0.25, 0.3) is 0 Å². The van der Waals surface area contributed by atoms with E-state index >= 15 is 0 Å². The summed E-state index contributed by atoms with van der Waals surface area (Å²) in [6.07, 6.45) is 1.51. The number of hydrogen-bond acceptors (Lipinski definition) is 6. The summed E-state index contributed by atoms with van der Waals surface area (Å²) >= 11 is 6.32. The van der Waals surface area contributed by atoms with Gasteiger partial charge in [0.05, 0.1) is 16.9 Å². The summed E-state index contributed by atoms with van der Waals surface area (Å²) in [5.74, 6) is 0.831. The zero-order valence-electron chi connectivity index (χ0n) is 14.7. The molecule has 0 amide bonds. The van der Waals surface area contributed by atoms with Crippen LogP contribution >= 0.6 is 11.6 Å². The third kappa shape index (κ3) is 4.15. The minimum Gasteiger partial charge on any atom is -0.339 e. The Bertz CT molecular complexity index is 951. The Morgan fingerprint density at radius 1 is 1.12 bits per heavy atom. The highest BCUT2D eigenvalue weighted by Gasteiger charge is 2.09. The Morgan fingerprint density at radius 3 is 2.65 bits per heavy atom. The molecule has 1 heterocycles. The van der Waals surface area contributed by atoms with Crippen LogP contribution in [0, 0.1) is 13.8 Å². The molecule has 0 aliphatic rings. The van der Waals surface area contributed by atoms with Crippen molar-refractivity contribution in [3.05, 3.63) is 64.3 Å². The van der Waals surface area contributed by atoms with E-state index in [4.69, 9.17) is 11.6 Å². The molecular weight excluding hydrogens is 350 g/mol. The van der Waals surface area contributed by atoms with Gasteiger partial charge in [0.25, 0.3) is 0 Å². The molecule has 0 atom stereocenters. The monoisotopic (exact) mass is 367 g/mol. The number of ketones is 1. The summed E-state index contributed by atoms with van der Waals surface area (Å²) in [6, 6.07) is 11.1.